The summed E-state index contributed by atoms with van der Waals surface area (Å²) in [5.41, 5.74) is 8.33. The second kappa shape index (κ2) is 9.59. The van der Waals surface area contributed by atoms with E-state index in [0.29, 0.717) is 16.8 Å². The lowest BCUT2D eigenvalue weighted by molar-refractivity contribution is 0.404. The van der Waals surface area contributed by atoms with Crippen LogP contribution in [-0.2, 0) is 0 Å². The van der Waals surface area contributed by atoms with Crippen LogP contribution in [0.2, 0.25) is 0 Å². The maximum absolute atomic E-state index is 5.87. The number of aromatic nitrogens is 2. The van der Waals surface area contributed by atoms with E-state index < -0.39 is 0 Å². The third-order valence-electron chi connectivity index (χ3n) is 6.65. The number of nitrogens with zero attached hydrogens (tertiary/aromatic N) is 3. The van der Waals surface area contributed by atoms with Gasteiger partial charge in [0.05, 0.1) is 18.7 Å². The molecule has 0 bridgehead atoms. The number of benzene rings is 3. The first-order valence-electron chi connectivity index (χ1n) is 11.8. The number of thiocarbonyl (C=S) groups is 1. The van der Waals surface area contributed by atoms with Gasteiger partial charge in [-0.2, -0.15) is 4.98 Å². The van der Waals surface area contributed by atoms with Crippen molar-refractivity contribution < 1.29 is 9.26 Å². The first kappa shape index (κ1) is 23.8. The summed E-state index contributed by atoms with van der Waals surface area (Å²) in [5, 5.41) is 8.44. The van der Waals surface area contributed by atoms with E-state index in [1.54, 1.807) is 7.11 Å². The molecule has 6 nitrogen and oxygen atoms in total. The zero-order valence-electron chi connectivity index (χ0n) is 21.0. The molecule has 182 valence electrons. The predicted molar refractivity (Wildman–Crippen MR) is 147 cm³/mol. The van der Waals surface area contributed by atoms with Crippen molar-refractivity contribution in [2.24, 2.45) is 0 Å². The second-order valence-electron chi connectivity index (χ2n) is 9.05. The van der Waals surface area contributed by atoms with Crippen molar-refractivity contribution in [1.82, 2.24) is 15.5 Å². The summed E-state index contributed by atoms with van der Waals surface area (Å²) in [5.74, 6) is 1.79. The first-order chi connectivity index (χ1) is 17.4. The average Bonchev–Trinajstić information content (AvgIpc) is 3.36. The van der Waals surface area contributed by atoms with E-state index in [1.807, 2.05) is 60.4 Å². The Morgan fingerprint density at radius 2 is 1.64 bits per heavy atom. The summed E-state index contributed by atoms with van der Waals surface area (Å²) in [7, 11) is 1.65. The number of nitrogens with one attached hydrogen (secondary N) is 1. The van der Waals surface area contributed by atoms with Gasteiger partial charge in [-0.1, -0.05) is 53.2 Å². The summed E-state index contributed by atoms with van der Waals surface area (Å²) in [6.45, 7) is 8.31. The minimum Gasteiger partial charge on any atom is -0.497 e. The molecule has 0 amide bonds. The molecule has 0 saturated carbocycles. The van der Waals surface area contributed by atoms with E-state index in [1.165, 1.54) is 16.7 Å². The highest BCUT2D eigenvalue weighted by molar-refractivity contribution is 7.80. The molecule has 1 aromatic heterocycles. The van der Waals surface area contributed by atoms with Crippen LogP contribution >= 0.6 is 12.2 Å². The van der Waals surface area contributed by atoms with Crippen LogP contribution in [0.15, 0.2) is 77.0 Å². The molecule has 36 heavy (non-hydrogen) atoms. The molecule has 3 aromatic carbocycles. The highest BCUT2D eigenvalue weighted by Crippen LogP contribution is 2.39. The van der Waals surface area contributed by atoms with Crippen LogP contribution in [-0.4, -0.2) is 22.4 Å². The third-order valence-corrected chi connectivity index (χ3v) is 6.95. The summed E-state index contributed by atoms with van der Waals surface area (Å²) >= 11 is 5.86. The molecular weight excluding hydrogens is 468 g/mol. The molecule has 7 heteroatoms. The van der Waals surface area contributed by atoms with Gasteiger partial charge in [-0.15, -0.1) is 0 Å². The Kier molecular flexibility index (Phi) is 6.33. The first-order valence-corrected chi connectivity index (χ1v) is 12.2. The second-order valence-corrected chi connectivity index (χ2v) is 9.43. The lowest BCUT2D eigenvalue weighted by Crippen LogP contribution is -2.46. The molecule has 1 aliphatic heterocycles. The van der Waals surface area contributed by atoms with Gasteiger partial charge in [-0.3, -0.25) is 4.90 Å². The van der Waals surface area contributed by atoms with Crippen molar-refractivity contribution in [2.45, 2.75) is 33.7 Å². The molecule has 1 atom stereocenters. The Balaban J connectivity index is 1.65. The number of allylic oxidation sites excluding steroid dienone is 1. The molecule has 0 saturated heterocycles. The zero-order chi connectivity index (χ0) is 25.4. The lowest BCUT2D eigenvalue weighted by atomic mass is 9.92. The van der Waals surface area contributed by atoms with E-state index in [2.05, 4.69) is 49.4 Å². The quantitative estimate of drug-likeness (QED) is 0.315. The van der Waals surface area contributed by atoms with Crippen molar-refractivity contribution in [3.63, 3.8) is 0 Å². The number of rotatable bonds is 5. The van der Waals surface area contributed by atoms with Gasteiger partial charge >= 0.3 is 0 Å². The normalized spacial score (nSPS) is 15.8. The Hall–Kier alpha value is -3.97. The van der Waals surface area contributed by atoms with E-state index in [9.17, 15) is 0 Å². The molecule has 1 unspecified atom stereocenters. The molecule has 1 N–H and O–H groups in total. The maximum Gasteiger partial charge on any atom is 0.258 e. The highest BCUT2D eigenvalue weighted by atomic mass is 32.1. The fourth-order valence-electron chi connectivity index (χ4n) is 4.41. The minimum atomic E-state index is -0.238. The fourth-order valence-corrected chi connectivity index (χ4v) is 4.77. The van der Waals surface area contributed by atoms with E-state index in [-0.39, 0.29) is 6.04 Å². The molecule has 5 rings (SSSR count). The van der Waals surface area contributed by atoms with Crippen molar-refractivity contribution in [2.75, 3.05) is 12.0 Å². The summed E-state index contributed by atoms with van der Waals surface area (Å²) in [6, 6.07) is 22.1. The molecule has 0 aliphatic carbocycles. The SMILES string of the molecule is COc1ccc(N2C(=S)NC(c3ccc(C)c(C)c3)C(c3nc(-c4ccc(C)cc4)no3)=C2C)cc1. The van der Waals surface area contributed by atoms with E-state index in [4.69, 9.17) is 26.5 Å². The molecule has 4 aromatic rings. The van der Waals surface area contributed by atoms with Crippen LogP contribution in [0, 0.1) is 20.8 Å². The molecule has 0 radical (unpaired) electrons. The summed E-state index contributed by atoms with van der Waals surface area (Å²) < 4.78 is 11.2. The van der Waals surface area contributed by atoms with Crippen molar-refractivity contribution in [1.29, 1.82) is 0 Å². The Labute approximate surface area is 216 Å². The van der Waals surface area contributed by atoms with Gasteiger partial charge in [0.25, 0.3) is 5.89 Å². The number of ether oxygens (including phenoxy) is 1. The van der Waals surface area contributed by atoms with Crippen LogP contribution in [0.25, 0.3) is 17.0 Å². The van der Waals surface area contributed by atoms with E-state index in [0.717, 1.165) is 33.8 Å². The largest absolute Gasteiger partial charge is 0.497 e. The lowest BCUT2D eigenvalue weighted by Gasteiger charge is -2.37. The van der Waals surface area contributed by atoms with Crippen LogP contribution in [0.1, 0.15) is 41.1 Å². The Morgan fingerprint density at radius 3 is 2.31 bits per heavy atom. The Bertz CT molecular complexity index is 1460. The zero-order valence-corrected chi connectivity index (χ0v) is 21.8. The van der Waals surface area contributed by atoms with Crippen LogP contribution in [0.4, 0.5) is 5.69 Å². The van der Waals surface area contributed by atoms with Gasteiger partial charge in [-0.25, -0.2) is 0 Å². The molecule has 0 fully saturated rings. The molecular formula is C29H28N4O2S. The van der Waals surface area contributed by atoms with Gasteiger partial charge in [0, 0.05) is 16.9 Å². The standard InChI is InChI=1S/C29H28N4O2S/c1-17-6-9-21(10-7-17)27-31-28(35-32-27)25-20(4)33(23-12-14-24(34-5)15-13-23)29(36)30-26(25)22-11-8-18(2)19(3)16-22/h6-16,26H,1-5H3,(H,30,36). The van der Waals surface area contributed by atoms with Gasteiger partial charge in [0.15, 0.2) is 5.11 Å². The molecule has 0 spiro atoms. The van der Waals surface area contributed by atoms with Crippen LogP contribution in [0.5, 0.6) is 5.75 Å². The highest BCUT2D eigenvalue weighted by Gasteiger charge is 2.35. The van der Waals surface area contributed by atoms with Crippen molar-refractivity contribution in [3.05, 3.63) is 101 Å². The number of anilines is 1. The fraction of sp³-hybridized carbons (Fsp3) is 0.207. The topological polar surface area (TPSA) is 63.4 Å². The average molecular weight is 497 g/mol. The minimum absolute atomic E-state index is 0.238. The van der Waals surface area contributed by atoms with E-state index >= 15 is 0 Å². The number of hydrogen-bond acceptors (Lipinski definition) is 5. The predicted octanol–water partition coefficient (Wildman–Crippen LogP) is 6.54. The van der Waals surface area contributed by atoms with Crippen LogP contribution < -0.4 is 15.0 Å². The van der Waals surface area contributed by atoms with Crippen molar-refractivity contribution in [3.8, 4) is 17.1 Å². The Morgan fingerprint density at radius 1 is 0.917 bits per heavy atom. The van der Waals surface area contributed by atoms with Gasteiger partial charge in [0.1, 0.15) is 5.75 Å². The number of hydrogen-bond donors (Lipinski definition) is 1. The molecule has 2 heterocycles. The monoisotopic (exact) mass is 496 g/mol. The smallest absolute Gasteiger partial charge is 0.258 e. The van der Waals surface area contributed by atoms with Gasteiger partial charge in [0.2, 0.25) is 5.82 Å². The van der Waals surface area contributed by atoms with Gasteiger partial charge in [-0.05, 0) is 80.9 Å². The third kappa shape index (κ3) is 4.38. The van der Waals surface area contributed by atoms with Crippen LogP contribution in [0.3, 0.4) is 0 Å². The van der Waals surface area contributed by atoms with Crippen molar-refractivity contribution >= 4 is 28.6 Å². The summed E-state index contributed by atoms with van der Waals surface area (Å²) in [6.07, 6.45) is 0. The number of aryl methyl sites for hydroxylation is 3. The molecule has 1 aliphatic rings. The maximum atomic E-state index is 5.87. The number of methoxy groups -OCH3 is 1. The summed E-state index contributed by atoms with van der Waals surface area (Å²) in [4.78, 5) is 6.81. The van der Waals surface area contributed by atoms with Gasteiger partial charge < -0.3 is 14.6 Å².